The number of rotatable bonds is 5. The third-order valence-electron chi connectivity index (χ3n) is 4.58. The molecular formula is C20H23NO4. The summed E-state index contributed by atoms with van der Waals surface area (Å²) in [4.78, 5) is 14.5. The SMILES string of the molecule is COCC(=O)N1CCc2cc(OC)c(OC)cc2C1c1ccccc1. The monoisotopic (exact) mass is 341 g/mol. The normalized spacial score (nSPS) is 16.3. The average molecular weight is 341 g/mol. The first-order valence-corrected chi connectivity index (χ1v) is 8.27. The zero-order valence-corrected chi connectivity index (χ0v) is 14.8. The van der Waals surface area contributed by atoms with Crippen LogP contribution >= 0.6 is 0 Å². The summed E-state index contributed by atoms with van der Waals surface area (Å²) in [5.41, 5.74) is 3.31. The van der Waals surface area contributed by atoms with Crippen molar-refractivity contribution in [2.24, 2.45) is 0 Å². The van der Waals surface area contributed by atoms with E-state index in [1.54, 1.807) is 21.3 Å². The van der Waals surface area contributed by atoms with Gasteiger partial charge in [0.1, 0.15) is 6.61 Å². The van der Waals surface area contributed by atoms with E-state index in [0.29, 0.717) is 18.0 Å². The van der Waals surface area contributed by atoms with Crippen molar-refractivity contribution < 1.29 is 19.0 Å². The zero-order chi connectivity index (χ0) is 17.8. The fraction of sp³-hybridized carbons (Fsp3) is 0.350. The summed E-state index contributed by atoms with van der Waals surface area (Å²) < 4.78 is 16.0. The minimum atomic E-state index is -0.160. The van der Waals surface area contributed by atoms with Crippen molar-refractivity contribution in [2.75, 3.05) is 34.5 Å². The largest absolute Gasteiger partial charge is 0.493 e. The van der Waals surface area contributed by atoms with E-state index in [4.69, 9.17) is 14.2 Å². The Bertz CT molecular complexity index is 745. The maximum absolute atomic E-state index is 12.6. The first-order chi connectivity index (χ1) is 12.2. The predicted octanol–water partition coefficient (Wildman–Crippen LogP) is 2.82. The summed E-state index contributed by atoms with van der Waals surface area (Å²) in [6.07, 6.45) is 0.772. The molecular weight excluding hydrogens is 318 g/mol. The molecule has 132 valence electrons. The molecule has 1 aliphatic heterocycles. The molecule has 1 amide bonds. The van der Waals surface area contributed by atoms with Crippen LogP contribution in [0.5, 0.6) is 11.5 Å². The number of carbonyl (C=O) groups excluding carboxylic acids is 1. The summed E-state index contributed by atoms with van der Waals surface area (Å²) in [6.45, 7) is 0.718. The van der Waals surface area contributed by atoms with Crippen molar-refractivity contribution in [2.45, 2.75) is 12.5 Å². The van der Waals surface area contributed by atoms with Crippen LogP contribution in [0, 0.1) is 0 Å². The van der Waals surface area contributed by atoms with Gasteiger partial charge in [0.2, 0.25) is 5.91 Å². The smallest absolute Gasteiger partial charge is 0.249 e. The number of hydrogen-bond donors (Lipinski definition) is 0. The van der Waals surface area contributed by atoms with E-state index < -0.39 is 0 Å². The molecule has 0 N–H and O–H groups in total. The fourth-order valence-electron chi connectivity index (χ4n) is 3.42. The van der Waals surface area contributed by atoms with Gasteiger partial charge in [-0.1, -0.05) is 30.3 Å². The molecule has 2 aromatic carbocycles. The van der Waals surface area contributed by atoms with Crippen molar-refractivity contribution in [1.29, 1.82) is 0 Å². The number of hydrogen-bond acceptors (Lipinski definition) is 4. The first kappa shape index (κ1) is 17.3. The summed E-state index contributed by atoms with van der Waals surface area (Å²) in [5, 5.41) is 0. The lowest BCUT2D eigenvalue weighted by molar-refractivity contribution is -0.137. The molecule has 3 rings (SSSR count). The van der Waals surface area contributed by atoms with Gasteiger partial charge in [-0.05, 0) is 35.2 Å². The summed E-state index contributed by atoms with van der Waals surface area (Å²) in [5.74, 6) is 1.37. The number of fused-ring (bicyclic) bond motifs is 1. The van der Waals surface area contributed by atoms with Gasteiger partial charge in [-0.25, -0.2) is 0 Å². The van der Waals surface area contributed by atoms with E-state index in [9.17, 15) is 4.79 Å². The predicted molar refractivity (Wildman–Crippen MR) is 95.1 cm³/mol. The third-order valence-corrected chi connectivity index (χ3v) is 4.58. The van der Waals surface area contributed by atoms with Crippen LogP contribution in [-0.4, -0.2) is 45.3 Å². The van der Waals surface area contributed by atoms with Gasteiger partial charge in [-0.2, -0.15) is 0 Å². The molecule has 2 aromatic rings. The summed E-state index contributed by atoms with van der Waals surface area (Å²) in [7, 11) is 4.80. The molecule has 0 saturated carbocycles. The summed E-state index contributed by atoms with van der Waals surface area (Å²) >= 11 is 0. The molecule has 1 unspecified atom stereocenters. The van der Waals surface area contributed by atoms with Crippen LogP contribution in [0.2, 0.25) is 0 Å². The highest BCUT2D eigenvalue weighted by molar-refractivity contribution is 5.79. The second kappa shape index (κ2) is 7.57. The molecule has 0 fully saturated rings. The van der Waals surface area contributed by atoms with Crippen LogP contribution in [0.3, 0.4) is 0 Å². The average Bonchev–Trinajstić information content (AvgIpc) is 2.66. The molecule has 5 heteroatoms. The van der Waals surface area contributed by atoms with Crippen LogP contribution < -0.4 is 9.47 Å². The highest BCUT2D eigenvalue weighted by atomic mass is 16.5. The molecule has 1 atom stereocenters. The van der Waals surface area contributed by atoms with E-state index in [-0.39, 0.29) is 18.6 Å². The van der Waals surface area contributed by atoms with Crippen molar-refractivity contribution in [1.82, 2.24) is 4.90 Å². The van der Waals surface area contributed by atoms with E-state index in [1.807, 2.05) is 47.4 Å². The Morgan fingerprint density at radius 2 is 1.76 bits per heavy atom. The van der Waals surface area contributed by atoms with Crippen LogP contribution in [0.4, 0.5) is 0 Å². The van der Waals surface area contributed by atoms with Gasteiger partial charge in [0.15, 0.2) is 11.5 Å². The van der Waals surface area contributed by atoms with Crippen LogP contribution in [0.15, 0.2) is 42.5 Å². The maximum Gasteiger partial charge on any atom is 0.249 e. The summed E-state index contributed by atoms with van der Waals surface area (Å²) in [6, 6.07) is 13.9. The van der Waals surface area contributed by atoms with E-state index in [1.165, 1.54) is 5.56 Å². The van der Waals surface area contributed by atoms with Gasteiger partial charge >= 0.3 is 0 Å². The van der Waals surface area contributed by atoms with Gasteiger partial charge in [-0.3, -0.25) is 4.79 Å². The van der Waals surface area contributed by atoms with Gasteiger partial charge in [-0.15, -0.1) is 0 Å². The second-order valence-electron chi connectivity index (χ2n) is 5.99. The zero-order valence-electron chi connectivity index (χ0n) is 14.8. The lowest BCUT2D eigenvalue weighted by Gasteiger charge is -2.38. The number of ether oxygens (including phenoxy) is 3. The van der Waals surface area contributed by atoms with Crippen molar-refractivity contribution in [3.05, 3.63) is 59.2 Å². The third kappa shape index (κ3) is 3.33. The molecule has 0 spiro atoms. The molecule has 0 saturated heterocycles. The molecule has 0 radical (unpaired) electrons. The van der Waals surface area contributed by atoms with Gasteiger partial charge in [0.05, 0.1) is 20.3 Å². The van der Waals surface area contributed by atoms with Crippen LogP contribution in [0.1, 0.15) is 22.7 Å². The van der Waals surface area contributed by atoms with Crippen LogP contribution in [-0.2, 0) is 16.0 Å². The second-order valence-corrected chi connectivity index (χ2v) is 5.99. The minimum Gasteiger partial charge on any atom is -0.493 e. The molecule has 0 bridgehead atoms. The molecule has 1 heterocycles. The van der Waals surface area contributed by atoms with E-state index in [2.05, 4.69) is 0 Å². The highest BCUT2D eigenvalue weighted by Crippen LogP contribution is 2.40. The minimum absolute atomic E-state index is 0.0169. The molecule has 1 aliphatic rings. The van der Waals surface area contributed by atoms with Crippen LogP contribution in [0.25, 0.3) is 0 Å². The van der Waals surface area contributed by atoms with Gasteiger partial charge in [0.25, 0.3) is 0 Å². The number of nitrogens with zero attached hydrogens (tertiary/aromatic N) is 1. The standard InChI is InChI=1S/C20H23NO4/c1-23-13-19(22)21-10-9-15-11-17(24-2)18(25-3)12-16(15)20(21)14-7-5-4-6-8-14/h4-8,11-12,20H,9-10,13H2,1-3H3. The lowest BCUT2D eigenvalue weighted by Crippen LogP contribution is -2.42. The number of methoxy groups -OCH3 is 3. The van der Waals surface area contributed by atoms with E-state index >= 15 is 0 Å². The lowest BCUT2D eigenvalue weighted by atomic mass is 9.87. The highest BCUT2D eigenvalue weighted by Gasteiger charge is 2.33. The number of carbonyl (C=O) groups is 1. The van der Waals surface area contributed by atoms with Gasteiger partial charge in [0, 0.05) is 13.7 Å². The Balaban J connectivity index is 2.12. The quantitative estimate of drug-likeness (QED) is 0.839. The molecule has 5 nitrogen and oxygen atoms in total. The Morgan fingerprint density at radius 1 is 1.08 bits per heavy atom. The molecule has 0 aliphatic carbocycles. The Labute approximate surface area is 148 Å². The topological polar surface area (TPSA) is 48.0 Å². The Kier molecular flexibility index (Phi) is 5.24. The van der Waals surface area contributed by atoms with Crippen molar-refractivity contribution in [3.8, 4) is 11.5 Å². The van der Waals surface area contributed by atoms with Crippen molar-refractivity contribution in [3.63, 3.8) is 0 Å². The molecule has 0 aromatic heterocycles. The molecule has 25 heavy (non-hydrogen) atoms. The number of benzene rings is 2. The Hall–Kier alpha value is -2.53. The fourth-order valence-corrected chi connectivity index (χ4v) is 3.42. The van der Waals surface area contributed by atoms with Crippen molar-refractivity contribution >= 4 is 5.91 Å². The van der Waals surface area contributed by atoms with Gasteiger partial charge < -0.3 is 19.1 Å². The Morgan fingerprint density at radius 3 is 2.40 bits per heavy atom. The maximum atomic E-state index is 12.6. The number of amides is 1. The first-order valence-electron chi connectivity index (χ1n) is 8.27. The van der Waals surface area contributed by atoms with E-state index in [0.717, 1.165) is 17.5 Å².